The second-order valence-corrected chi connectivity index (χ2v) is 8.22. The van der Waals surface area contributed by atoms with Gasteiger partial charge in [-0.05, 0) is 34.4 Å². The average molecular weight is 432 g/mol. The molecule has 0 aliphatic carbocycles. The highest BCUT2D eigenvalue weighted by atomic mass is 32.1. The van der Waals surface area contributed by atoms with Crippen LogP contribution in [-0.4, -0.2) is 53.8 Å². The van der Waals surface area contributed by atoms with Crippen LogP contribution in [0.1, 0.15) is 5.56 Å². The first kappa shape index (κ1) is 19.3. The van der Waals surface area contributed by atoms with E-state index in [4.69, 9.17) is 10.5 Å². The normalized spacial score (nSPS) is 18.6. The van der Waals surface area contributed by atoms with Crippen molar-refractivity contribution >= 4 is 44.9 Å². The molecule has 0 radical (unpaired) electrons. The molecule has 1 saturated heterocycles. The molecule has 31 heavy (non-hydrogen) atoms. The smallest absolute Gasteiger partial charge is 0.365 e. The number of aliphatic imine (C=N–C) groups is 2. The van der Waals surface area contributed by atoms with E-state index < -0.39 is 5.97 Å². The fourth-order valence-corrected chi connectivity index (χ4v) is 4.30. The number of carbonyl (C=O) groups is 1. The fourth-order valence-electron chi connectivity index (χ4n) is 3.70. The summed E-state index contributed by atoms with van der Waals surface area (Å²) in [5.74, 6) is 0.439. The van der Waals surface area contributed by atoms with Gasteiger partial charge in [0.1, 0.15) is 5.00 Å². The molecule has 7 nitrogen and oxygen atoms in total. The summed E-state index contributed by atoms with van der Waals surface area (Å²) in [6.07, 6.45) is 1.78. The Hall–Kier alpha value is -3.65. The molecule has 3 heterocycles. The Kier molecular flexibility index (Phi) is 5.13. The number of cyclic esters (lactones) is 1. The SMILES string of the molecule is N/C(=N/c1cccs1)N1CCN(/C=C2/N=C(c3cccc4ccccc34)OC2=O)CC1. The van der Waals surface area contributed by atoms with Crippen molar-refractivity contribution in [1.82, 2.24) is 9.80 Å². The highest BCUT2D eigenvalue weighted by Crippen LogP contribution is 2.24. The summed E-state index contributed by atoms with van der Waals surface area (Å²) in [7, 11) is 0. The van der Waals surface area contributed by atoms with Crippen LogP contribution in [0.4, 0.5) is 5.00 Å². The summed E-state index contributed by atoms with van der Waals surface area (Å²) in [5, 5.41) is 4.95. The Morgan fingerprint density at radius 2 is 1.87 bits per heavy atom. The predicted octanol–water partition coefficient (Wildman–Crippen LogP) is 3.31. The van der Waals surface area contributed by atoms with Gasteiger partial charge in [0.05, 0.1) is 0 Å². The van der Waals surface area contributed by atoms with Gasteiger partial charge in [-0.1, -0.05) is 36.4 Å². The van der Waals surface area contributed by atoms with Crippen molar-refractivity contribution in [2.24, 2.45) is 15.7 Å². The van der Waals surface area contributed by atoms with Crippen LogP contribution in [0.5, 0.6) is 0 Å². The Labute approximate surface area is 183 Å². The van der Waals surface area contributed by atoms with E-state index in [0.717, 1.165) is 47.5 Å². The van der Waals surface area contributed by atoms with E-state index in [9.17, 15) is 4.79 Å². The van der Waals surface area contributed by atoms with Crippen molar-refractivity contribution in [3.8, 4) is 0 Å². The van der Waals surface area contributed by atoms with Gasteiger partial charge in [-0.2, -0.15) is 0 Å². The number of hydrogen-bond acceptors (Lipinski definition) is 6. The summed E-state index contributed by atoms with van der Waals surface area (Å²) >= 11 is 1.56. The third kappa shape index (κ3) is 4.02. The Bertz CT molecular complexity index is 1200. The monoisotopic (exact) mass is 431 g/mol. The van der Waals surface area contributed by atoms with Crippen molar-refractivity contribution in [2.75, 3.05) is 26.2 Å². The fraction of sp³-hybridized carbons (Fsp3) is 0.174. The summed E-state index contributed by atoms with van der Waals surface area (Å²) in [4.78, 5) is 25.5. The number of thiophene rings is 1. The first-order valence-corrected chi connectivity index (χ1v) is 10.9. The molecule has 2 aromatic carbocycles. The van der Waals surface area contributed by atoms with Crippen molar-refractivity contribution in [1.29, 1.82) is 0 Å². The van der Waals surface area contributed by atoms with Crippen molar-refractivity contribution in [2.45, 2.75) is 0 Å². The number of hydrogen-bond donors (Lipinski definition) is 1. The molecule has 1 fully saturated rings. The number of benzene rings is 2. The zero-order chi connectivity index (χ0) is 21.2. The predicted molar refractivity (Wildman–Crippen MR) is 123 cm³/mol. The quantitative estimate of drug-likeness (QED) is 0.298. The lowest BCUT2D eigenvalue weighted by Crippen LogP contribution is -2.49. The molecule has 5 rings (SSSR count). The lowest BCUT2D eigenvalue weighted by Gasteiger charge is -2.34. The molecule has 0 bridgehead atoms. The standard InChI is InChI=1S/C23H21N5O2S/c24-23(26-20-9-4-14-31-20)28-12-10-27(11-13-28)15-19-22(29)30-21(25-19)18-8-3-6-16-5-1-2-7-17(16)18/h1-9,14-15H,10-13H2,(H2,24,26)/b19-15+. The Morgan fingerprint density at radius 3 is 2.68 bits per heavy atom. The molecular weight excluding hydrogens is 410 g/mol. The third-order valence-electron chi connectivity index (χ3n) is 5.31. The number of nitrogens with two attached hydrogens (primary N) is 1. The van der Waals surface area contributed by atoms with E-state index in [-0.39, 0.29) is 0 Å². The molecular formula is C23H21N5O2S. The van der Waals surface area contributed by atoms with Crippen LogP contribution < -0.4 is 5.73 Å². The number of rotatable bonds is 3. The molecule has 2 aliphatic rings. The van der Waals surface area contributed by atoms with E-state index in [2.05, 4.69) is 14.9 Å². The van der Waals surface area contributed by atoms with Gasteiger partial charge in [0.15, 0.2) is 11.7 Å². The number of piperazine rings is 1. The van der Waals surface area contributed by atoms with Gasteiger partial charge in [-0.15, -0.1) is 11.3 Å². The maximum Gasteiger partial charge on any atom is 0.365 e. The van der Waals surface area contributed by atoms with E-state index >= 15 is 0 Å². The van der Waals surface area contributed by atoms with Crippen LogP contribution in [0, 0.1) is 0 Å². The molecule has 156 valence electrons. The lowest BCUT2D eigenvalue weighted by molar-refractivity contribution is -0.130. The van der Waals surface area contributed by atoms with Gasteiger partial charge in [0.25, 0.3) is 0 Å². The molecule has 3 aromatic rings. The Balaban J connectivity index is 1.30. The van der Waals surface area contributed by atoms with Crippen molar-refractivity contribution < 1.29 is 9.53 Å². The summed E-state index contributed by atoms with van der Waals surface area (Å²) in [5.41, 5.74) is 7.28. The molecule has 8 heteroatoms. The summed E-state index contributed by atoms with van der Waals surface area (Å²) in [6.45, 7) is 2.88. The number of esters is 1. The zero-order valence-electron chi connectivity index (χ0n) is 16.8. The molecule has 2 aliphatic heterocycles. The summed E-state index contributed by atoms with van der Waals surface area (Å²) in [6, 6.07) is 17.8. The molecule has 1 aromatic heterocycles. The van der Waals surface area contributed by atoms with Gasteiger partial charge < -0.3 is 20.3 Å². The topological polar surface area (TPSA) is 83.5 Å². The van der Waals surface area contributed by atoms with Crippen LogP contribution in [0.3, 0.4) is 0 Å². The van der Waals surface area contributed by atoms with E-state index in [1.807, 2.05) is 64.9 Å². The molecule has 2 N–H and O–H groups in total. The number of ether oxygens (including phenoxy) is 1. The zero-order valence-corrected chi connectivity index (χ0v) is 17.6. The van der Waals surface area contributed by atoms with Gasteiger partial charge in [0.2, 0.25) is 5.90 Å². The Morgan fingerprint density at radius 1 is 1.06 bits per heavy atom. The molecule has 0 spiro atoms. The van der Waals surface area contributed by atoms with Gasteiger partial charge >= 0.3 is 5.97 Å². The van der Waals surface area contributed by atoms with Crippen LogP contribution in [0.25, 0.3) is 10.8 Å². The van der Waals surface area contributed by atoms with E-state index in [1.54, 1.807) is 17.5 Å². The maximum absolute atomic E-state index is 12.4. The number of nitrogens with zero attached hydrogens (tertiary/aromatic N) is 4. The molecule has 0 saturated carbocycles. The first-order valence-electron chi connectivity index (χ1n) is 10.0. The van der Waals surface area contributed by atoms with E-state index in [1.165, 1.54) is 0 Å². The van der Waals surface area contributed by atoms with Gasteiger partial charge in [-0.25, -0.2) is 14.8 Å². The number of fused-ring (bicyclic) bond motifs is 1. The minimum absolute atomic E-state index is 0.316. The van der Waals surface area contributed by atoms with Crippen LogP contribution in [0.15, 0.2) is 81.9 Å². The van der Waals surface area contributed by atoms with Gasteiger partial charge in [0, 0.05) is 37.9 Å². The highest BCUT2D eigenvalue weighted by Gasteiger charge is 2.27. The van der Waals surface area contributed by atoms with Crippen LogP contribution in [-0.2, 0) is 9.53 Å². The van der Waals surface area contributed by atoms with Crippen molar-refractivity contribution in [3.63, 3.8) is 0 Å². The second-order valence-electron chi connectivity index (χ2n) is 7.29. The second kappa shape index (κ2) is 8.23. The maximum atomic E-state index is 12.4. The third-order valence-corrected chi connectivity index (χ3v) is 6.08. The van der Waals surface area contributed by atoms with Crippen molar-refractivity contribution in [3.05, 3.63) is 77.4 Å². The van der Waals surface area contributed by atoms with Crippen LogP contribution in [0.2, 0.25) is 0 Å². The van der Waals surface area contributed by atoms with Gasteiger partial charge in [-0.3, -0.25) is 0 Å². The van der Waals surface area contributed by atoms with Crippen LogP contribution >= 0.6 is 11.3 Å². The lowest BCUT2D eigenvalue weighted by atomic mass is 10.0. The largest absolute Gasteiger partial charge is 0.402 e. The highest BCUT2D eigenvalue weighted by molar-refractivity contribution is 7.13. The first-order chi connectivity index (χ1) is 15.2. The average Bonchev–Trinajstić information content (AvgIpc) is 3.43. The minimum atomic E-state index is -0.427. The molecule has 0 atom stereocenters. The van der Waals surface area contributed by atoms with E-state index in [0.29, 0.717) is 17.6 Å². The summed E-state index contributed by atoms with van der Waals surface area (Å²) < 4.78 is 5.50. The molecule has 0 amide bonds. The number of guanidine groups is 1. The number of carbonyl (C=O) groups excluding carboxylic acids is 1. The molecule has 0 unspecified atom stereocenters. The minimum Gasteiger partial charge on any atom is -0.402 e.